The fourth-order valence-electron chi connectivity index (χ4n) is 1.77. The summed E-state index contributed by atoms with van der Waals surface area (Å²) in [6, 6.07) is 5.74. The van der Waals surface area contributed by atoms with Crippen LogP contribution in [0.3, 0.4) is 0 Å². The van der Waals surface area contributed by atoms with Gasteiger partial charge in [0.2, 0.25) is 5.69 Å². The lowest BCUT2D eigenvalue weighted by atomic mass is 10.1. The van der Waals surface area contributed by atoms with Crippen molar-refractivity contribution in [2.24, 2.45) is 7.05 Å². The van der Waals surface area contributed by atoms with E-state index in [-0.39, 0.29) is 5.69 Å². The van der Waals surface area contributed by atoms with Crippen LogP contribution in [-0.4, -0.2) is 4.98 Å². The predicted molar refractivity (Wildman–Crippen MR) is 65.1 cm³/mol. The molecule has 2 nitrogen and oxygen atoms in total. The monoisotopic (exact) mass is 216 g/mol. The fraction of sp³-hybridized carbons (Fsp3) is 0.286. The van der Waals surface area contributed by atoms with Crippen molar-refractivity contribution >= 4 is 0 Å². The second-order valence-electron chi connectivity index (χ2n) is 4.08. The van der Waals surface area contributed by atoms with Gasteiger partial charge in [0.25, 0.3) is 0 Å². The highest BCUT2D eigenvalue weighted by Crippen LogP contribution is 2.20. The van der Waals surface area contributed by atoms with Gasteiger partial charge in [0.1, 0.15) is 7.05 Å². The van der Waals surface area contributed by atoms with Gasteiger partial charge < -0.3 is 0 Å². The largest absolute Gasteiger partial charge is 0.261 e. The van der Waals surface area contributed by atoms with E-state index >= 15 is 0 Å². The number of rotatable bonds is 1. The third-order valence-corrected chi connectivity index (χ3v) is 2.69. The summed E-state index contributed by atoms with van der Waals surface area (Å²) in [7, 11) is 1.96. The van der Waals surface area contributed by atoms with Gasteiger partial charge in [-0.05, 0) is 37.9 Å². The molecule has 0 radical (unpaired) electrons. The Balaban J connectivity index is 2.55. The molecule has 2 rings (SSSR count). The maximum Gasteiger partial charge on any atom is 0.214 e. The van der Waals surface area contributed by atoms with E-state index in [9.17, 15) is 0 Å². The minimum Gasteiger partial charge on any atom is -0.261 e. The highest BCUT2D eigenvalue weighted by Gasteiger charge is 2.12. The Morgan fingerprint density at radius 2 is 2.12 bits per heavy atom. The first kappa shape index (κ1) is 7.55. The van der Waals surface area contributed by atoms with Crippen LogP contribution in [0.25, 0.3) is 11.3 Å². The van der Waals surface area contributed by atoms with Crippen LogP contribution in [0.1, 0.15) is 20.9 Å². The standard InChI is InChI=1S/C14H17N2/c1-10-5-6-16(4)14(7-10)13-9-15-12(3)8-11(13)2/h5-9H,1-4H3/q+1/i3D3. The number of hydrogen-bond donors (Lipinski definition) is 0. The van der Waals surface area contributed by atoms with Crippen LogP contribution in [0.15, 0.2) is 30.6 Å². The SMILES string of the molecule is [2H]C([2H])([2H])c1cc(C)c(-c2cc(C)cc[n+]2C)cn1. The molecule has 0 bridgehead atoms. The van der Waals surface area contributed by atoms with Gasteiger partial charge in [-0.3, -0.25) is 4.98 Å². The molecular weight excluding hydrogens is 196 g/mol. The van der Waals surface area contributed by atoms with Crippen molar-refractivity contribution in [1.29, 1.82) is 0 Å². The second-order valence-corrected chi connectivity index (χ2v) is 4.08. The fourth-order valence-corrected chi connectivity index (χ4v) is 1.77. The molecule has 0 aliphatic carbocycles. The molecular formula is C14H17N2+. The van der Waals surface area contributed by atoms with E-state index in [0.29, 0.717) is 0 Å². The van der Waals surface area contributed by atoms with E-state index < -0.39 is 6.85 Å². The lowest BCUT2D eigenvalue weighted by Crippen LogP contribution is -2.30. The molecule has 16 heavy (non-hydrogen) atoms. The van der Waals surface area contributed by atoms with Crippen LogP contribution in [0.4, 0.5) is 0 Å². The molecule has 0 aliphatic rings. The smallest absolute Gasteiger partial charge is 0.214 e. The molecule has 0 saturated heterocycles. The molecule has 0 aromatic carbocycles. The van der Waals surface area contributed by atoms with Gasteiger partial charge in [-0.15, -0.1) is 0 Å². The lowest BCUT2D eigenvalue weighted by molar-refractivity contribution is -0.660. The minimum absolute atomic E-state index is 0.143. The Labute approximate surface area is 101 Å². The number of hydrogen-bond acceptors (Lipinski definition) is 1. The van der Waals surface area contributed by atoms with Crippen LogP contribution in [0.5, 0.6) is 0 Å². The van der Waals surface area contributed by atoms with E-state index in [1.165, 1.54) is 0 Å². The van der Waals surface area contributed by atoms with Crippen LogP contribution in [0.2, 0.25) is 0 Å². The topological polar surface area (TPSA) is 16.8 Å². The summed E-state index contributed by atoms with van der Waals surface area (Å²) in [5.41, 5.74) is 4.21. The van der Waals surface area contributed by atoms with Crippen molar-refractivity contribution in [3.63, 3.8) is 0 Å². The van der Waals surface area contributed by atoms with E-state index in [1.54, 1.807) is 12.3 Å². The van der Waals surface area contributed by atoms with Crippen LogP contribution < -0.4 is 4.57 Å². The van der Waals surface area contributed by atoms with Gasteiger partial charge in [-0.2, -0.15) is 0 Å². The summed E-state index contributed by atoms with van der Waals surface area (Å²) in [5.74, 6) is 0. The average Bonchev–Trinajstić information content (AvgIpc) is 2.31. The quantitative estimate of drug-likeness (QED) is 0.669. The lowest BCUT2D eigenvalue weighted by Gasteiger charge is -2.05. The molecule has 0 fully saturated rings. The average molecular weight is 216 g/mol. The van der Waals surface area contributed by atoms with Gasteiger partial charge in [0.05, 0.1) is 5.56 Å². The van der Waals surface area contributed by atoms with Gasteiger partial charge in [0.15, 0.2) is 6.20 Å². The normalized spacial score (nSPS) is 14.1. The van der Waals surface area contributed by atoms with Gasteiger partial charge >= 0.3 is 0 Å². The van der Waals surface area contributed by atoms with Crippen molar-refractivity contribution in [3.05, 3.63) is 47.4 Å². The Kier molecular flexibility index (Phi) is 1.91. The Hall–Kier alpha value is -1.70. The minimum atomic E-state index is -2.15. The zero-order chi connectivity index (χ0) is 14.2. The Morgan fingerprint density at radius 1 is 1.31 bits per heavy atom. The Bertz CT molecular complexity index is 619. The molecule has 0 amide bonds. The first-order valence-electron chi connectivity index (χ1n) is 6.73. The summed E-state index contributed by atoms with van der Waals surface area (Å²) < 4.78 is 24.2. The predicted octanol–water partition coefficient (Wildman–Crippen LogP) is 2.50. The van der Waals surface area contributed by atoms with Crippen molar-refractivity contribution in [1.82, 2.24) is 4.98 Å². The number of aryl methyl sites for hydroxylation is 4. The van der Waals surface area contributed by atoms with Crippen molar-refractivity contribution in [2.75, 3.05) is 0 Å². The van der Waals surface area contributed by atoms with Gasteiger partial charge in [-0.1, -0.05) is 0 Å². The summed E-state index contributed by atoms with van der Waals surface area (Å²) in [6.45, 7) is 1.79. The molecule has 0 N–H and O–H groups in total. The number of aromatic nitrogens is 2. The van der Waals surface area contributed by atoms with E-state index in [4.69, 9.17) is 4.11 Å². The number of nitrogens with zero attached hydrogens (tertiary/aromatic N) is 2. The van der Waals surface area contributed by atoms with Gasteiger partial charge in [0, 0.05) is 28.1 Å². The van der Waals surface area contributed by atoms with E-state index in [1.807, 2.05) is 37.7 Å². The molecule has 2 aromatic rings. The first-order valence-corrected chi connectivity index (χ1v) is 5.23. The Morgan fingerprint density at radius 3 is 2.81 bits per heavy atom. The summed E-state index contributed by atoms with van der Waals surface area (Å²) in [5, 5.41) is 0. The van der Waals surface area contributed by atoms with Crippen LogP contribution in [-0.2, 0) is 7.05 Å². The zero-order valence-electron chi connectivity index (χ0n) is 12.8. The molecule has 2 heterocycles. The maximum absolute atomic E-state index is 7.39. The molecule has 0 atom stereocenters. The zero-order valence-corrected chi connectivity index (χ0v) is 9.78. The van der Waals surface area contributed by atoms with Gasteiger partial charge in [-0.25, -0.2) is 4.57 Å². The summed E-state index contributed by atoms with van der Waals surface area (Å²) in [4.78, 5) is 4.08. The van der Waals surface area contributed by atoms with Crippen LogP contribution >= 0.6 is 0 Å². The summed E-state index contributed by atoms with van der Waals surface area (Å²) in [6.07, 6.45) is 3.63. The molecule has 2 heteroatoms. The molecule has 0 aliphatic heterocycles. The molecule has 0 saturated carbocycles. The molecule has 0 unspecified atom stereocenters. The van der Waals surface area contributed by atoms with Crippen LogP contribution in [0, 0.1) is 20.7 Å². The maximum atomic E-state index is 7.39. The molecule has 82 valence electrons. The third-order valence-electron chi connectivity index (χ3n) is 2.69. The van der Waals surface area contributed by atoms with Crippen molar-refractivity contribution < 1.29 is 8.68 Å². The second kappa shape index (κ2) is 4.05. The highest BCUT2D eigenvalue weighted by molar-refractivity contribution is 5.60. The first-order chi connectivity index (χ1) is 8.79. The number of pyridine rings is 2. The summed E-state index contributed by atoms with van der Waals surface area (Å²) >= 11 is 0. The highest BCUT2D eigenvalue weighted by atomic mass is 14.9. The molecule has 2 aromatic heterocycles. The van der Waals surface area contributed by atoms with Crippen molar-refractivity contribution in [2.45, 2.75) is 20.7 Å². The van der Waals surface area contributed by atoms with E-state index in [2.05, 4.69) is 11.1 Å². The van der Waals surface area contributed by atoms with E-state index in [0.717, 1.165) is 22.4 Å². The third kappa shape index (κ3) is 1.96. The van der Waals surface area contributed by atoms with Crippen molar-refractivity contribution in [3.8, 4) is 11.3 Å². The molecule has 0 spiro atoms.